The van der Waals surface area contributed by atoms with Crippen molar-refractivity contribution in [3.8, 4) is 11.3 Å². The van der Waals surface area contributed by atoms with Crippen LogP contribution >= 0.6 is 23.2 Å². The molecule has 0 radical (unpaired) electrons. The van der Waals surface area contributed by atoms with Gasteiger partial charge < -0.3 is 9.32 Å². The fourth-order valence-corrected chi connectivity index (χ4v) is 4.26. The number of rotatable bonds is 3. The molecule has 30 heavy (non-hydrogen) atoms. The normalized spacial score (nSPS) is 17.3. The molecule has 0 N–H and O–H groups in total. The first kappa shape index (κ1) is 20.7. The minimum absolute atomic E-state index is 0.000848. The van der Waals surface area contributed by atoms with E-state index in [2.05, 4.69) is 18.8 Å². The van der Waals surface area contributed by atoms with Crippen LogP contribution in [0.3, 0.4) is 0 Å². The summed E-state index contributed by atoms with van der Waals surface area (Å²) in [4.78, 5) is 19.3. The number of amides is 1. The first-order chi connectivity index (χ1) is 14.3. The lowest BCUT2D eigenvalue weighted by atomic mass is 9.86. The smallest absolute Gasteiger partial charge is 0.254 e. The molecule has 4 nitrogen and oxygen atoms in total. The fourth-order valence-electron chi connectivity index (χ4n) is 3.88. The molecule has 1 amide bonds. The molecule has 1 aromatic heterocycles. The number of carbonyl (C=O) groups excluding carboxylic acids is 1. The average Bonchev–Trinajstić information content (AvgIpc) is 3.15. The van der Waals surface area contributed by atoms with Crippen molar-refractivity contribution in [3.05, 3.63) is 81.8 Å². The van der Waals surface area contributed by atoms with Crippen LogP contribution in [-0.4, -0.2) is 27.9 Å². The van der Waals surface area contributed by atoms with Crippen LogP contribution in [0.1, 0.15) is 42.9 Å². The Hall–Kier alpha value is -2.56. The maximum absolute atomic E-state index is 13.0. The average molecular weight is 441 g/mol. The third-order valence-electron chi connectivity index (χ3n) is 5.32. The number of aromatic nitrogens is 1. The first-order valence-corrected chi connectivity index (χ1v) is 10.6. The summed E-state index contributed by atoms with van der Waals surface area (Å²) < 4.78 is 5.91. The van der Waals surface area contributed by atoms with E-state index in [0.29, 0.717) is 33.8 Å². The minimum Gasteiger partial charge on any atom is -0.437 e. The number of hydrogen-bond acceptors (Lipinski definition) is 3. The zero-order chi connectivity index (χ0) is 21.3. The lowest BCUT2D eigenvalue weighted by Crippen LogP contribution is -2.51. The molecule has 154 valence electrons. The molecule has 0 unspecified atom stereocenters. The number of halogens is 2. The topological polar surface area (TPSA) is 46.3 Å². The van der Waals surface area contributed by atoms with Crippen molar-refractivity contribution in [2.75, 3.05) is 6.54 Å². The highest BCUT2D eigenvalue weighted by Crippen LogP contribution is 2.34. The van der Waals surface area contributed by atoms with Crippen LogP contribution in [-0.2, 0) is 0 Å². The molecule has 3 aromatic rings. The number of oxazole rings is 1. The Morgan fingerprint density at radius 2 is 1.87 bits per heavy atom. The molecule has 1 aliphatic rings. The highest BCUT2D eigenvalue weighted by atomic mass is 35.5. The number of piperidine rings is 1. The molecule has 0 aliphatic carbocycles. The molecule has 6 heteroatoms. The fraction of sp³-hybridized carbons (Fsp3) is 0.250. The largest absolute Gasteiger partial charge is 0.437 e. The Morgan fingerprint density at radius 3 is 2.57 bits per heavy atom. The maximum Gasteiger partial charge on any atom is 0.254 e. The summed E-state index contributed by atoms with van der Waals surface area (Å²) in [6, 6.07) is 14.6. The van der Waals surface area contributed by atoms with Crippen molar-refractivity contribution < 1.29 is 9.21 Å². The summed E-state index contributed by atoms with van der Waals surface area (Å²) in [5, 5.41) is 1.22. The summed E-state index contributed by atoms with van der Waals surface area (Å²) in [5.41, 5.74) is 2.38. The van der Waals surface area contributed by atoms with Gasteiger partial charge in [0.15, 0.2) is 5.76 Å². The van der Waals surface area contributed by atoms with Crippen LogP contribution in [0, 0.1) is 0 Å². The van der Waals surface area contributed by atoms with Crippen molar-refractivity contribution in [2.45, 2.75) is 32.2 Å². The lowest BCUT2D eigenvalue weighted by Gasteiger charge is -2.43. The minimum atomic E-state index is -0.328. The van der Waals surface area contributed by atoms with E-state index in [0.717, 1.165) is 18.4 Å². The van der Waals surface area contributed by atoms with Gasteiger partial charge in [0, 0.05) is 39.3 Å². The molecule has 2 aromatic carbocycles. The van der Waals surface area contributed by atoms with E-state index in [9.17, 15) is 4.79 Å². The second-order valence-electron chi connectivity index (χ2n) is 8.08. The predicted octanol–water partition coefficient (Wildman–Crippen LogP) is 6.75. The van der Waals surface area contributed by atoms with Crippen LogP contribution in [0.2, 0.25) is 10.0 Å². The van der Waals surface area contributed by atoms with Gasteiger partial charge in [-0.25, -0.2) is 4.98 Å². The predicted molar refractivity (Wildman–Crippen MR) is 121 cm³/mol. The molecule has 1 fully saturated rings. The van der Waals surface area contributed by atoms with Crippen molar-refractivity contribution >= 4 is 35.2 Å². The SMILES string of the molecule is CC1(C)C/C(=C/c2ncc(-c3cccc(Cl)c3)o2)CCN1C(=O)c1cccc(Cl)c1. The molecule has 0 bridgehead atoms. The Bertz CT molecular complexity index is 1120. The Morgan fingerprint density at radius 1 is 1.13 bits per heavy atom. The summed E-state index contributed by atoms with van der Waals surface area (Å²) in [5.74, 6) is 1.24. The standard InChI is InChI=1S/C24H22Cl2N2O2/c1-24(2)14-16(9-10-28(24)23(29)18-6-4-8-20(26)13-18)11-22-27-15-21(30-22)17-5-3-7-19(25)12-17/h3-8,11-13,15H,9-10,14H2,1-2H3/b16-11+. The summed E-state index contributed by atoms with van der Waals surface area (Å²) in [6.07, 6.45) is 5.21. The molecule has 0 spiro atoms. The second-order valence-corrected chi connectivity index (χ2v) is 8.95. The third-order valence-corrected chi connectivity index (χ3v) is 5.79. The first-order valence-electron chi connectivity index (χ1n) is 9.81. The number of nitrogens with zero attached hydrogens (tertiary/aromatic N) is 2. The third kappa shape index (κ3) is 4.45. The van der Waals surface area contributed by atoms with Gasteiger partial charge in [0.25, 0.3) is 5.91 Å². The molecule has 1 saturated heterocycles. The van der Waals surface area contributed by atoms with Gasteiger partial charge in [-0.3, -0.25) is 4.79 Å². The van der Waals surface area contributed by atoms with Crippen LogP contribution in [0.25, 0.3) is 17.4 Å². The number of hydrogen-bond donors (Lipinski definition) is 0. The summed E-state index contributed by atoms with van der Waals surface area (Å²) >= 11 is 12.1. The Kier molecular flexibility index (Phi) is 5.72. The Labute approximate surface area is 186 Å². The van der Waals surface area contributed by atoms with E-state index in [1.54, 1.807) is 30.5 Å². The number of carbonyl (C=O) groups is 1. The van der Waals surface area contributed by atoms with Gasteiger partial charge in [-0.15, -0.1) is 0 Å². The molecule has 4 rings (SSSR count). The highest BCUT2D eigenvalue weighted by Gasteiger charge is 2.35. The van der Waals surface area contributed by atoms with Crippen LogP contribution < -0.4 is 0 Å². The van der Waals surface area contributed by atoms with E-state index in [-0.39, 0.29) is 11.4 Å². The van der Waals surface area contributed by atoms with Crippen molar-refractivity contribution in [2.24, 2.45) is 0 Å². The van der Waals surface area contributed by atoms with E-state index in [1.165, 1.54) is 5.57 Å². The summed E-state index contributed by atoms with van der Waals surface area (Å²) in [7, 11) is 0. The maximum atomic E-state index is 13.0. The summed E-state index contributed by atoms with van der Waals surface area (Å²) in [6.45, 7) is 4.79. The van der Waals surface area contributed by atoms with Crippen LogP contribution in [0.5, 0.6) is 0 Å². The monoisotopic (exact) mass is 440 g/mol. The quantitative estimate of drug-likeness (QED) is 0.452. The van der Waals surface area contributed by atoms with Crippen molar-refractivity contribution in [3.63, 3.8) is 0 Å². The zero-order valence-electron chi connectivity index (χ0n) is 16.9. The number of likely N-dealkylation sites (tertiary alicyclic amines) is 1. The van der Waals surface area contributed by atoms with E-state index in [4.69, 9.17) is 27.6 Å². The van der Waals surface area contributed by atoms with Crippen molar-refractivity contribution in [1.82, 2.24) is 9.88 Å². The van der Waals surface area contributed by atoms with Gasteiger partial charge in [0.2, 0.25) is 5.89 Å². The molecular weight excluding hydrogens is 419 g/mol. The number of benzene rings is 2. The van der Waals surface area contributed by atoms with Gasteiger partial charge in [-0.1, -0.05) is 47.0 Å². The highest BCUT2D eigenvalue weighted by molar-refractivity contribution is 6.31. The molecule has 2 heterocycles. The second kappa shape index (κ2) is 8.29. The molecular formula is C24H22Cl2N2O2. The van der Waals surface area contributed by atoms with E-state index in [1.807, 2.05) is 35.2 Å². The molecule has 1 aliphatic heterocycles. The lowest BCUT2D eigenvalue weighted by molar-refractivity contribution is 0.0502. The van der Waals surface area contributed by atoms with E-state index >= 15 is 0 Å². The molecule has 0 atom stereocenters. The van der Waals surface area contributed by atoms with E-state index < -0.39 is 0 Å². The van der Waals surface area contributed by atoms with Gasteiger partial charge in [-0.2, -0.15) is 0 Å². The van der Waals surface area contributed by atoms with Crippen molar-refractivity contribution in [1.29, 1.82) is 0 Å². The Balaban J connectivity index is 1.51. The molecule has 0 saturated carbocycles. The van der Waals surface area contributed by atoms with Gasteiger partial charge in [-0.05, 0) is 57.0 Å². The van der Waals surface area contributed by atoms with Gasteiger partial charge in [0.05, 0.1) is 6.20 Å². The van der Waals surface area contributed by atoms with Gasteiger partial charge in [0.1, 0.15) is 0 Å². The zero-order valence-corrected chi connectivity index (χ0v) is 18.4. The van der Waals surface area contributed by atoms with Gasteiger partial charge >= 0.3 is 0 Å². The van der Waals surface area contributed by atoms with Crippen LogP contribution in [0.15, 0.2) is 64.7 Å². The van der Waals surface area contributed by atoms with Crippen LogP contribution in [0.4, 0.5) is 0 Å².